The van der Waals surface area contributed by atoms with Gasteiger partial charge in [0, 0.05) is 37.0 Å². The predicted octanol–water partition coefficient (Wildman–Crippen LogP) is 2.15. The van der Waals surface area contributed by atoms with Crippen molar-refractivity contribution < 1.29 is 14.2 Å². The first kappa shape index (κ1) is 12.6. The molecule has 4 heteroatoms. The number of anilines is 1. The van der Waals surface area contributed by atoms with Crippen LogP contribution in [0, 0.1) is 0 Å². The van der Waals surface area contributed by atoms with E-state index in [0.717, 1.165) is 17.2 Å². The second-order valence-corrected chi connectivity index (χ2v) is 3.60. The third kappa shape index (κ3) is 3.62. The summed E-state index contributed by atoms with van der Waals surface area (Å²) in [5.74, 6) is 1.54. The third-order valence-corrected chi connectivity index (χ3v) is 2.18. The summed E-state index contributed by atoms with van der Waals surface area (Å²) in [5.41, 5.74) is 0.959. The van der Waals surface area contributed by atoms with Crippen LogP contribution in [0.1, 0.15) is 6.92 Å². The van der Waals surface area contributed by atoms with Crippen molar-refractivity contribution in [1.29, 1.82) is 0 Å². The van der Waals surface area contributed by atoms with E-state index < -0.39 is 0 Å². The second kappa shape index (κ2) is 6.23. The monoisotopic (exact) mass is 225 g/mol. The molecule has 0 aliphatic carbocycles. The summed E-state index contributed by atoms with van der Waals surface area (Å²) in [6, 6.07) is 5.93. The predicted molar refractivity (Wildman–Crippen MR) is 64.5 cm³/mol. The summed E-state index contributed by atoms with van der Waals surface area (Å²) in [7, 11) is 4.96. The Labute approximate surface area is 96.5 Å². The van der Waals surface area contributed by atoms with Gasteiger partial charge in [-0.3, -0.25) is 0 Å². The normalized spacial score (nSPS) is 12.0. The van der Waals surface area contributed by atoms with E-state index in [1.54, 1.807) is 21.3 Å². The van der Waals surface area contributed by atoms with Gasteiger partial charge in [-0.1, -0.05) is 0 Å². The minimum Gasteiger partial charge on any atom is -0.497 e. The smallest absolute Gasteiger partial charge is 0.124 e. The summed E-state index contributed by atoms with van der Waals surface area (Å²) in [6.45, 7) is 2.70. The van der Waals surface area contributed by atoms with Crippen molar-refractivity contribution in [2.45, 2.75) is 13.0 Å². The molecule has 1 atom stereocenters. The van der Waals surface area contributed by atoms with E-state index in [1.807, 2.05) is 18.2 Å². The molecule has 0 heterocycles. The van der Waals surface area contributed by atoms with Gasteiger partial charge in [0.2, 0.25) is 0 Å². The van der Waals surface area contributed by atoms with Gasteiger partial charge in [0.15, 0.2) is 0 Å². The molecule has 0 saturated heterocycles. The van der Waals surface area contributed by atoms with Crippen LogP contribution < -0.4 is 14.8 Å². The largest absolute Gasteiger partial charge is 0.497 e. The van der Waals surface area contributed by atoms with E-state index in [9.17, 15) is 0 Å². The van der Waals surface area contributed by atoms with Crippen LogP contribution in [-0.4, -0.2) is 34.0 Å². The molecule has 1 unspecified atom stereocenters. The van der Waals surface area contributed by atoms with Gasteiger partial charge in [-0.2, -0.15) is 0 Å². The highest BCUT2D eigenvalue weighted by molar-refractivity contribution is 5.54. The fraction of sp³-hybridized carbons (Fsp3) is 0.500. The molecule has 0 amide bonds. The van der Waals surface area contributed by atoms with Crippen molar-refractivity contribution in [1.82, 2.24) is 0 Å². The Hall–Kier alpha value is -1.42. The Balaban J connectivity index is 2.78. The van der Waals surface area contributed by atoms with Crippen LogP contribution in [0.3, 0.4) is 0 Å². The molecule has 1 N–H and O–H groups in total. The molecule has 1 aromatic carbocycles. The highest BCUT2D eigenvalue weighted by Crippen LogP contribution is 2.26. The van der Waals surface area contributed by atoms with E-state index >= 15 is 0 Å². The minimum absolute atomic E-state index is 0.238. The molecule has 0 radical (unpaired) electrons. The molecule has 0 aliphatic heterocycles. The molecule has 4 nitrogen and oxygen atoms in total. The van der Waals surface area contributed by atoms with E-state index in [0.29, 0.717) is 6.61 Å². The number of nitrogens with one attached hydrogen (secondary N) is 1. The average Bonchev–Trinajstić information content (AvgIpc) is 2.28. The third-order valence-electron chi connectivity index (χ3n) is 2.18. The maximum Gasteiger partial charge on any atom is 0.124 e. The molecule has 0 bridgehead atoms. The van der Waals surface area contributed by atoms with Crippen LogP contribution in [0.5, 0.6) is 11.5 Å². The van der Waals surface area contributed by atoms with E-state index in [1.165, 1.54) is 0 Å². The molecule has 90 valence electrons. The van der Waals surface area contributed by atoms with Gasteiger partial charge in [-0.25, -0.2) is 0 Å². The zero-order valence-electron chi connectivity index (χ0n) is 10.2. The number of hydrogen-bond acceptors (Lipinski definition) is 4. The summed E-state index contributed by atoms with van der Waals surface area (Å²) in [6.07, 6.45) is 0. The minimum atomic E-state index is 0.238. The quantitative estimate of drug-likeness (QED) is 0.805. The summed E-state index contributed by atoms with van der Waals surface area (Å²) in [5, 5.41) is 3.31. The van der Waals surface area contributed by atoms with Crippen molar-refractivity contribution >= 4 is 5.69 Å². The molecule has 0 saturated carbocycles. The zero-order valence-corrected chi connectivity index (χ0v) is 10.2. The summed E-state index contributed by atoms with van der Waals surface area (Å²) >= 11 is 0. The maximum atomic E-state index is 5.19. The number of ether oxygens (including phenoxy) is 3. The van der Waals surface area contributed by atoms with Gasteiger partial charge in [0.25, 0.3) is 0 Å². The highest BCUT2D eigenvalue weighted by Gasteiger charge is 2.05. The van der Waals surface area contributed by atoms with Crippen LogP contribution in [-0.2, 0) is 4.74 Å². The first-order chi connectivity index (χ1) is 7.69. The Morgan fingerprint density at radius 3 is 2.06 bits per heavy atom. The van der Waals surface area contributed by atoms with E-state index in [-0.39, 0.29) is 6.04 Å². The van der Waals surface area contributed by atoms with Crippen molar-refractivity contribution in [3.05, 3.63) is 18.2 Å². The van der Waals surface area contributed by atoms with Crippen molar-refractivity contribution in [3.63, 3.8) is 0 Å². The maximum absolute atomic E-state index is 5.19. The SMILES string of the molecule is COCC(C)Nc1cc(OC)cc(OC)c1. The van der Waals surface area contributed by atoms with Crippen LogP contribution in [0.4, 0.5) is 5.69 Å². The number of hydrogen-bond donors (Lipinski definition) is 1. The second-order valence-electron chi connectivity index (χ2n) is 3.60. The molecule has 0 spiro atoms. The lowest BCUT2D eigenvalue weighted by molar-refractivity contribution is 0.190. The van der Waals surface area contributed by atoms with Crippen molar-refractivity contribution in [3.8, 4) is 11.5 Å². The van der Waals surface area contributed by atoms with Crippen LogP contribution in [0.2, 0.25) is 0 Å². The zero-order chi connectivity index (χ0) is 12.0. The summed E-state index contributed by atoms with van der Waals surface area (Å²) < 4.78 is 15.4. The van der Waals surface area contributed by atoms with Gasteiger partial charge in [-0.15, -0.1) is 0 Å². The molecule has 16 heavy (non-hydrogen) atoms. The lowest BCUT2D eigenvalue weighted by atomic mass is 10.2. The Morgan fingerprint density at radius 2 is 1.62 bits per heavy atom. The topological polar surface area (TPSA) is 39.7 Å². The Kier molecular flexibility index (Phi) is 4.92. The number of benzene rings is 1. The van der Waals surface area contributed by atoms with Gasteiger partial charge < -0.3 is 19.5 Å². The Bertz CT molecular complexity index is 306. The fourth-order valence-corrected chi connectivity index (χ4v) is 1.47. The first-order valence-electron chi connectivity index (χ1n) is 5.18. The standard InChI is InChI=1S/C12H19NO3/c1-9(8-14-2)13-10-5-11(15-3)7-12(6-10)16-4/h5-7,9,13H,8H2,1-4H3. The molecule has 1 rings (SSSR count). The van der Waals surface area contributed by atoms with Crippen LogP contribution in [0.25, 0.3) is 0 Å². The van der Waals surface area contributed by atoms with Crippen molar-refractivity contribution in [2.24, 2.45) is 0 Å². The van der Waals surface area contributed by atoms with Gasteiger partial charge in [-0.05, 0) is 6.92 Å². The summed E-state index contributed by atoms with van der Waals surface area (Å²) in [4.78, 5) is 0. The molecular weight excluding hydrogens is 206 g/mol. The van der Waals surface area contributed by atoms with Gasteiger partial charge in [0.05, 0.1) is 20.8 Å². The molecule has 0 fully saturated rings. The van der Waals surface area contributed by atoms with Crippen LogP contribution >= 0.6 is 0 Å². The fourth-order valence-electron chi connectivity index (χ4n) is 1.47. The molecule has 1 aromatic rings. The molecule has 0 aromatic heterocycles. The lowest BCUT2D eigenvalue weighted by Crippen LogP contribution is -2.20. The Morgan fingerprint density at radius 1 is 1.06 bits per heavy atom. The number of rotatable bonds is 6. The molecular formula is C12H19NO3. The lowest BCUT2D eigenvalue weighted by Gasteiger charge is -2.15. The van der Waals surface area contributed by atoms with Gasteiger partial charge in [0.1, 0.15) is 11.5 Å². The highest BCUT2D eigenvalue weighted by atomic mass is 16.5. The molecule has 0 aliphatic rings. The van der Waals surface area contributed by atoms with Crippen LogP contribution in [0.15, 0.2) is 18.2 Å². The van der Waals surface area contributed by atoms with Gasteiger partial charge >= 0.3 is 0 Å². The number of methoxy groups -OCH3 is 3. The van der Waals surface area contributed by atoms with Crippen molar-refractivity contribution in [2.75, 3.05) is 33.3 Å². The first-order valence-corrected chi connectivity index (χ1v) is 5.18. The van der Waals surface area contributed by atoms with E-state index in [4.69, 9.17) is 14.2 Å². The average molecular weight is 225 g/mol. The van der Waals surface area contributed by atoms with E-state index in [2.05, 4.69) is 12.2 Å².